The highest BCUT2D eigenvalue weighted by molar-refractivity contribution is 6.16. The Hall–Kier alpha value is -2.34. The molecule has 4 rings (SSSR count). The summed E-state index contributed by atoms with van der Waals surface area (Å²) in [7, 11) is 0. The number of rotatable bonds is 0. The number of fused-ring (bicyclic) bond motifs is 5. The summed E-state index contributed by atoms with van der Waals surface area (Å²) in [5.41, 5.74) is 0. The Morgan fingerprint density at radius 2 is 1.50 bits per heavy atom. The van der Waals surface area contributed by atoms with E-state index in [0.29, 0.717) is 0 Å². The van der Waals surface area contributed by atoms with E-state index in [1.165, 1.54) is 32.3 Å². The molecule has 0 saturated heterocycles. The van der Waals surface area contributed by atoms with Gasteiger partial charge < -0.3 is 0 Å². The summed E-state index contributed by atoms with van der Waals surface area (Å²) >= 11 is 0. The van der Waals surface area contributed by atoms with E-state index in [9.17, 15) is 0 Å². The van der Waals surface area contributed by atoms with Gasteiger partial charge in [-0.05, 0) is 56.6 Å². The van der Waals surface area contributed by atoms with E-state index in [4.69, 9.17) is 0 Å². The zero-order valence-corrected chi connectivity index (χ0v) is 9.77. The van der Waals surface area contributed by atoms with Crippen molar-refractivity contribution in [1.82, 2.24) is 0 Å². The van der Waals surface area contributed by atoms with Crippen molar-refractivity contribution in [2.24, 2.45) is 0 Å². The maximum atomic E-state index is 3.30. The van der Waals surface area contributed by atoms with Crippen molar-refractivity contribution >= 4 is 32.3 Å². The van der Waals surface area contributed by atoms with Gasteiger partial charge in [-0.25, -0.2) is 0 Å². The van der Waals surface area contributed by atoms with Crippen LogP contribution in [-0.2, 0) is 0 Å². The van der Waals surface area contributed by atoms with E-state index >= 15 is 0 Å². The van der Waals surface area contributed by atoms with E-state index in [2.05, 4.69) is 60.7 Å². The van der Waals surface area contributed by atoms with Crippen LogP contribution in [0.25, 0.3) is 32.3 Å². The number of hydrogen-bond donors (Lipinski definition) is 0. The second kappa shape index (κ2) is 3.58. The average molecular weight is 226 g/mol. The minimum atomic E-state index is 1.18. The third-order valence-electron chi connectivity index (χ3n) is 3.50. The number of hydrogen-bond acceptors (Lipinski definition) is 0. The van der Waals surface area contributed by atoms with Crippen LogP contribution < -0.4 is 0 Å². The standard InChI is InChI=1S/C18H10/c1-3-7-15-13(5-1)9-11-18-16-8-4-2-6-14(16)10-12-17(15)18/h1,3-7,9-12H. The van der Waals surface area contributed by atoms with Crippen LogP contribution in [0.15, 0.2) is 60.7 Å². The van der Waals surface area contributed by atoms with Crippen LogP contribution in [0, 0.1) is 12.1 Å². The molecule has 0 aromatic heterocycles. The fourth-order valence-electron chi connectivity index (χ4n) is 2.63. The molecule has 4 aromatic rings. The second-order valence-electron chi connectivity index (χ2n) is 4.51. The molecule has 2 radical (unpaired) electrons. The van der Waals surface area contributed by atoms with Crippen molar-refractivity contribution in [2.75, 3.05) is 0 Å². The van der Waals surface area contributed by atoms with Gasteiger partial charge in [-0.15, -0.1) is 0 Å². The summed E-state index contributed by atoms with van der Waals surface area (Å²) in [5.74, 6) is 0. The van der Waals surface area contributed by atoms with Crippen LogP contribution in [-0.4, -0.2) is 0 Å². The molecule has 0 aliphatic heterocycles. The fourth-order valence-corrected chi connectivity index (χ4v) is 2.63. The molecule has 0 aliphatic rings. The Morgan fingerprint density at radius 1 is 0.667 bits per heavy atom. The van der Waals surface area contributed by atoms with Crippen molar-refractivity contribution in [3.8, 4) is 0 Å². The lowest BCUT2D eigenvalue weighted by Gasteiger charge is -2.06. The summed E-state index contributed by atoms with van der Waals surface area (Å²) in [6.07, 6.45) is 0. The van der Waals surface area contributed by atoms with Gasteiger partial charge in [0.15, 0.2) is 0 Å². The zero-order valence-electron chi connectivity index (χ0n) is 9.77. The first-order chi connectivity index (χ1) is 8.93. The Bertz CT molecular complexity index is 797. The van der Waals surface area contributed by atoms with Gasteiger partial charge in [0.05, 0.1) is 0 Å². The summed E-state index contributed by atoms with van der Waals surface area (Å²) in [4.78, 5) is 0. The lowest BCUT2D eigenvalue weighted by atomic mass is 9.97. The predicted molar refractivity (Wildman–Crippen MR) is 76.6 cm³/mol. The van der Waals surface area contributed by atoms with Gasteiger partial charge in [-0.2, -0.15) is 0 Å². The molecule has 0 spiro atoms. The van der Waals surface area contributed by atoms with Gasteiger partial charge in [-0.3, -0.25) is 0 Å². The maximum absolute atomic E-state index is 3.30. The molecule has 4 aromatic carbocycles. The fraction of sp³-hybridized carbons (Fsp3) is 0. The second-order valence-corrected chi connectivity index (χ2v) is 4.51. The van der Waals surface area contributed by atoms with Crippen molar-refractivity contribution in [3.63, 3.8) is 0 Å². The van der Waals surface area contributed by atoms with Crippen molar-refractivity contribution in [2.45, 2.75) is 0 Å². The first-order valence-electron chi connectivity index (χ1n) is 6.05. The van der Waals surface area contributed by atoms with E-state index in [1.807, 2.05) is 12.1 Å². The summed E-state index contributed by atoms with van der Waals surface area (Å²) in [6, 6.07) is 27.5. The molecule has 0 aliphatic carbocycles. The van der Waals surface area contributed by atoms with Gasteiger partial charge in [0, 0.05) is 0 Å². The van der Waals surface area contributed by atoms with E-state index < -0.39 is 0 Å². The summed E-state index contributed by atoms with van der Waals surface area (Å²) in [5, 5.41) is 7.52. The Balaban J connectivity index is 2.31. The highest BCUT2D eigenvalue weighted by atomic mass is 14.1. The molecule has 0 atom stereocenters. The monoisotopic (exact) mass is 226 g/mol. The van der Waals surface area contributed by atoms with Crippen molar-refractivity contribution in [3.05, 3.63) is 72.8 Å². The van der Waals surface area contributed by atoms with Gasteiger partial charge in [-0.1, -0.05) is 48.5 Å². The molecular formula is C18H10. The minimum Gasteiger partial charge on any atom is -0.0616 e. The molecule has 0 N–H and O–H groups in total. The van der Waals surface area contributed by atoms with Crippen LogP contribution in [0.5, 0.6) is 0 Å². The quantitative estimate of drug-likeness (QED) is 0.380. The Morgan fingerprint density at radius 3 is 2.50 bits per heavy atom. The molecule has 0 nitrogen and oxygen atoms in total. The normalized spacial score (nSPS) is 11.3. The molecule has 0 bridgehead atoms. The lowest BCUT2D eigenvalue weighted by Crippen LogP contribution is -1.80. The summed E-state index contributed by atoms with van der Waals surface area (Å²) < 4.78 is 0. The number of benzene rings is 4. The summed E-state index contributed by atoms with van der Waals surface area (Å²) in [6.45, 7) is 0. The highest BCUT2D eigenvalue weighted by Crippen LogP contribution is 2.30. The van der Waals surface area contributed by atoms with Gasteiger partial charge >= 0.3 is 0 Å². The predicted octanol–water partition coefficient (Wildman–Crippen LogP) is 4.75. The molecule has 18 heavy (non-hydrogen) atoms. The minimum absolute atomic E-state index is 1.18. The molecule has 0 unspecified atom stereocenters. The largest absolute Gasteiger partial charge is 0.0616 e. The topological polar surface area (TPSA) is 0 Å². The highest BCUT2D eigenvalue weighted by Gasteiger charge is 2.03. The van der Waals surface area contributed by atoms with Crippen LogP contribution in [0.2, 0.25) is 0 Å². The third-order valence-corrected chi connectivity index (χ3v) is 3.50. The van der Waals surface area contributed by atoms with Gasteiger partial charge in [0.2, 0.25) is 0 Å². The first-order valence-corrected chi connectivity index (χ1v) is 6.05. The molecule has 0 heterocycles. The molecule has 0 amide bonds. The van der Waals surface area contributed by atoms with Crippen molar-refractivity contribution in [1.29, 1.82) is 0 Å². The third kappa shape index (κ3) is 1.26. The van der Waals surface area contributed by atoms with Crippen LogP contribution in [0.3, 0.4) is 0 Å². The average Bonchev–Trinajstić information content (AvgIpc) is 2.46. The smallest absolute Gasteiger partial charge is 0.00259 e. The Labute approximate surface area is 105 Å². The maximum Gasteiger partial charge on any atom is -0.00259 e. The van der Waals surface area contributed by atoms with Crippen LogP contribution in [0.4, 0.5) is 0 Å². The molecule has 0 saturated carbocycles. The van der Waals surface area contributed by atoms with E-state index in [0.717, 1.165) is 0 Å². The first kappa shape index (κ1) is 9.67. The van der Waals surface area contributed by atoms with Crippen LogP contribution in [0.1, 0.15) is 0 Å². The van der Waals surface area contributed by atoms with Crippen molar-refractivity contribution < 1.29 is 0 Å². The molecule has 82 valence electrons. The molecular weight excluding hydrogens is 216 g/mol. The van der Waals surface area contributed by atoms with Crippen LogP contribution >= 0.6 is 0 Å². The lowest BCUT2D eigenvalue weighted by molar-refractivity contribution is 1.75. The SMILES string of the molecule is [c]1c[c]c2c(c1)ccc1c3ccccc3ccc21. The van der Waals surface area contributed by atoms with Gasteiger partial charge in [0.25, 0.3) is 0 Å². The zero-order chi connectivity index (χ0) is 11.9. The molecule has 0 heteroatoms. The van der Waals surface area contributed by atoms with Gasteiger partial charge in [0.1, 0.15) is 0 Å². The molecule has 0 fully saturated rings. The van der Waals surface area contributed by atoms with E-state index in [1.54, 1.807) is 0 Å². The van der Waals surface area contributed by atoms with E-state index in [-0.39, 0.29) is 0 Å². The Kier molecular flexibility index (Phi) is 1.92.